The van der Waals surface area contributed by atoms with Gasteiger partial charge in [0.15, 0.2) is 5.96 Å². The van der Waals surface area contributed by atoms with E-state index in [0.29, 0.717) is 24.6 Å². The summed E-state index contributed by atoms with van der Waals surface area (Å²) in [5.41, 5.74) is 1.40. The lowest BCUT2D eigenvalue weighted by Gasteiger charge is -2.54. The minimum Gasteiger partial charge on any atom is -0.377 e. The van der Waals surface area contributed by atoms with Gasteiger partial charge in [-0.25, -0.2) is 4.98 Å². The van der Waals surface area contributed by atoms with Crippen LogP contribution in [0.1, 0.15) is 31.7 Å². The number of aromatic nitrogens is 2. The van der Waals surface area contributed by atoms with Gasteiger partial charge in [-0.2, -0.15) is 0 Å². The summed E-state index contributed by atoms with van der Waals surface area (Å²) in [6, 6.07) is 10.8. The van der Waals surface area contributed by atoms with Crippen LogP contribution in [-0.2, 0) is 17.8 Å². The summed E-state index contributed by atoms with van der Waals surface area (Å²) in [5, 5.41) is 7.05. The van der Waals surface area contributed by atoms with E-state index in [2.05, 4.69) is 63.3 Å². The van der Waals surface area contributed by atoms with E-state index in [9.17, 15) is 0 Å². The predicted octanol–water partition coefficient (Wildman–Crippen LogP) is 3.03. The minimum atomic E-state index is 0. The summed E-state index contributed by atoms with van der Waals surface area (Å²) in [7, 11) is 1.82. The first kappa shape index (κ1) is 21.1. The average Bonchev–Trinajstić information content (AvgIpc) is 3.31. The molecule has 0 amide bonds. The molecule has 0 bridgehead atoms. The molecule has 1 aromatic heterocycles. The molecule has 3 atom stereocenters. The van der Waals surface area contributed by atoms with Crippen LogP contribution in [0.4, 0.5) is 0 Å². The minimum absolute atomic E-state index is 0. The van der Waals surface area contributed by atoms with Gasteiger partial charge < -0.3 is 19.9 Å². The molecule has 1 aromatic carbocycles. The molecule has 2 heterocycles. The summed E-state index contributed by atoms with van der Waals surface area (Å²) in [4.78, 5) is 8.93. The Morgan fingerprint density at radius 1 is 1.32 bits per heavy atom. The van der Waals surface area contributed by atoms with Crippen LogP contribution < -0.4 is 10.6 Å². The number of aliphatic imine (C=N–C) groups is 1. The number of guanidine groups is 1. The molecule has 28 heavy (non-hydrogen) atoms. The van der Waals surface area contributed by atoms with Crippen molar-refractivity contribution in [2.75, 3.05) is 13.7 Å². The van der Waals surface area contributed by atoms with E-state index in [-0.39, 0.29) is 29.4 Å². The second-order valence-electron chi connectivity index (χ2n) is 8.07. The van der Waals surface area contributed by atoms with Crippen LogP contribution in [0.3, 0.4) is 0 Å². The molecule has 1 aliphatic carbocycles. The van der Waals surface area contributed by atoms with E-state index in [0.717, 1.165) is 31.4 Å². The molecule has 1 saturated carbocycles. The molecule has 6 nitrogen and oxygen atoms in total. The van der Waals surface area contributed by atoms with Crippen LogP contribution in [-0.4, -0.2) is 41.3 Å². The van der Waals surface area contributed by atoms with Crippen LogP contribution in [0.15, 0.2) is 47.7 Å². The number of nitrogens with one attached hydrogen (secondary N) is 2. The summed E-state index contributed by atoms with van der Waals surface area (Å²) >= 11 is 0. The molecule has 1 saturated heterocycles. The first-order valence-corrected chi connectivity index (χ1v) is 9.72. The van der Waals surface area contributed by atoms with E-state index >= 15 is 0 Å². The number of benzene rings is 1. The number of imidazole rings is 1. The molecule has 2 N–H and O–H groups in total. The number of hydrogen-bond acceptors (Lipinski definition) is 3. The van der Waals surface area contributed by atoms with Gasteiger partial charge in [0.05, 0.1) is 12.6 Å². The highest BCUT2D eigenvalue weighted by Crippen LogP contribution is 2.52. The van der Waals surface area contributed by atoms with E-state index in [1.807, 2.05) is 25.5 Å². The van der Waals surface area contributed by atoms with E-state index in [1.54, 1.807) is 0 Å². The zero-order valence-corrected chi connectivity index (χ0v) is 19.1. The maximum atomic E-state index is 5.89. The SMILES string of the molecule is CN=C(NCc1nccn1Cc1ccccc1)NC1C2CCOC2C1(C)C.I. The maximum Gasteiger partial charge on any atom is 0.191 e. The summed E-state index contributed by atoms with van der Waals surface area (Å²) in [5.74, 6) is 2.41. The van der Waals surface area contributed by atoms with Crippen molar-refractivity contribution in [1.29, 1.82) is 0 Å². The Labute approximate surface area is 184 Å². The van der Waals surface area contributed by atoms with Gasteiger partial charge >= 0.3 is 0 Å². The Morgan fingerprint density at radius 3 is 2.86 bits per heavy atom. The molecule has 0 radical (unpaired) electrons. The van der Waals surface area contributed by atoms with Gasteiger partial charge in [-0.05, 0) is 12.0 Å². The molecule has 2 aliphatic rings. The third-order valence-corrected chi connectivity index (χ3v) is 6.03. The molecule has 4 rings (SSSR count). The van der Waals surface area contributed by atoms with Gasteiger partial charge in [-0.15, -0.1) is 24.0 Å². The van der Waals surface area contributed by atoms with Crippen LogP contribution in [0.5, 0.6) is 0 Å². The molecule has 7 heteroatoms. The van der Waals surface area contributed by atoms with E-state index < -0.39 is 0 Å². The van der Waals surface area contributed by atoms with Crippen molar-refractivity contribution in [1.82, 2.24) is 20.2 Å². The lowest BCUT2D eigenvalue weighted by molar-refractivity contribution is -0.106. The highest BCUT2D eigenvalue weighted by molar-refractivity contribution is 14.0. The Morgan fingerprint density at radius 2 is 2.11 bits per heavy atom. The van der Waals surface area contributed by atoms with Gasteiger partial charge in [0.25, 0.3) is 0 Å². The number of rotatable bonds is 5. The fourth-order valence-electron chi connectivity index (χ4n) is 4.55. The molecule has 2 fully saturated rings. The Kier molecular flexibility index (Phi) is 6.65. The van der Waals surface area contributed by atoms with Crippen LogP contribution >= 0.6 is 24.0 Å². The Balaban J connectivity index is 0.00000225. The number of ether oxygens (including phenoxy) is 1. The number of halogens is 1. The van der Waals surface area contributed by atoms with Crippen molar-refractivity contribution in [2.24, 2.45) is 16.3 Å². The van der Waals surface area contributed by atoms with Gasteiger partial charge in [-0.3, -0.25) is 4.99 Å². The highest BCUT2D eigenvalue weighted by atomic mass is 127. The van der Waals surface area contributed by atoms with Crippen molar-refractivity contribution in [3.05, 3.63) is 54.1 Å². The molecule has 3 unspecified atom stereocenters. The third-order valence-electron chi connectivity index (χ3n) is 6.03. The largest absolute Gasteiger partial charge is 0.377 e. The smallest absolute Gasteiger partial charge is 0.191 e. The van der Waals surface area contributed by atoms with Crippen molar-refractivity contribution in [2.45, 2.75) is 45.5 Å². The lowest BCUT2D eigenvalue weighted by Crippen LogP contribution is -2.67. The lowest BCUT2D eigenvalue weighted by atomic mass is 9.57. The predicted molar refractivity (Wildman–Crippen MR) is 122 cm³/mol. The number of fused-ring (bicyclic) bond motifs is 1. The molecule has 1 aliphatic heterocycles. The van der Waals surface area contributed by atoms with Gasteiger partial charge in [0.1, 0.15) is 5.82 Å². The molecule has 2 aromatic rings. The fourth-order valence-corrected chi connectivity index (χ4v) is 4.55. The van der Waals surface area contributed by atoms with Gasteiger partial charge in [0, 0.05) is 50.0 Å². The number of nitrogens with zero attached hydrogens (tertiary/aromatic N) is 3. The first-order valence-electron chi connectivity index (χ1n) is 9.72. The standard InChI is InChI=1S/C21H29N5O.HI/c1-21(2)18(16-9-12-27-19(16)21)25-20(22-3)24-13-17-23-10-11-26(17)14-15-7-5-4-6-8-15;/h4-8,10-11,16,18-19H,9,12-14H2,1-3H3,(H2,22,24,25);1H. The first-order chi connectivity index (χ1) is 13.1. The van der Waals surface area contributed by atoms with Crippen LogP contribution in [0, 0.1) is 11.3 Å². The van der Waals surface area contributed by atoms with Crippen molar-refractivity contribution < 1.29 is 4.74 Å². The van der Waals surface area contributed by atoms with Crippen LogP contribution in [0.25, 0.3) is 0 Å². The summed E-state index contributed by atoms with van der Waals surface area (Å²) in [6.45, 7) is 6.88. The topological polar surface area (TPSA) is 63.5 Å². The zero-order valence-electron chi connectivity index (χ0n) is 16.8. The van der Waals surface area contributed by atoms with E-state index in [4.69, 9.17) is 4.74 Å². The van der Waals surface area contributed by atoms with Gasteiger partial charge in [0.2, 0.25) is 0 Å². The second kappa shape index (κ2) is 8.82. The fraction of sp³-hybridized carbons (Fsp3) is 0.524. The second-order valence-corrected chi connectivity index (χ2v) is 8.07. The maximum absolute atomic E-state index is 5.89. The van der Waals surface area contributed by atoms with Crippen LogP contribution in [0.2, 0.25) is 0 Å². The Bertz CT molecular complexity index is 804. The molecule has 152 valence electrons. The van der Waals surface area contributed by atoms with Crippen molar-refractivity contribution >= 4 is 29.9 Å². The van der Waals surface area contributed by atoms with Gasteiger partial charge in [-0.1, -0.05) is 44.2 Å². The third kappa shape index (κ3) is 4.05. The highest BCUT2D eigenvalue weighted by Gasteiger charge is 2.59. The molecular formula is C21H30IN5O. The average molecular weight is 495 g/mol. The van der Waals surface area contributed by atoms with Crippen molar-refractivity contribution in [3.63, 3.8) is 0 Å². The molecule has 0 spiro atoms. The quantitative estimate of drug-likeness (QED) is 0.381. The van der Waals surface area contributed by atoms with Crippen molar-refractivity contribution in [3.8, 4) is 0 Å². The summed E-state index contributed by atoms with van der Waals surface area (Å²) < 4.78 is 8.06. The number of hydrogen-bond donors (Lipinski definition) is 2. The summed E-state index contributed by atoms with van der Waals surface area (Å²) in [6.07, 6.45) is 5.38. The monoisotopic (exact) mass is 495 g/mol. The molecular weight excluding hydrogens is 465 g/mol. The van der Waals surface area contributed by atoms with E-state index in [1.165, 1.54) is 5.56 Å². The Hall–Kier alpha value is -1.61. The zero-order chi connectivity index (χ0) is 18.9. The normalized spacial score (nSPS) is 25.4.